The summed E-state index contributed by atoms with van der Waals surface area (Å²) < 4.78 is 5.26. The summed E-state index contributed by atoms with van der Waals surface area (Å²) in [4.78, 5) is 11.2. The molecular formula is C13H8N2O3S. The Kier molecular flexibility index (Phi) is 2.85. The van der Waals surface area contributed by atoms with Gasteiger partial charge in [0.25, 0.3) is 5.69 Å². The lowest BCUT2D eigenvalue weighted by Gasteiger charge is -1.94. The van der Waals surface area contributed by atoms with Crippen LogP contribution in [-0.4, -0.2) is 10.1 Å². The van der Waals surface area contributed by atoms with Crippen LogP contribution in [0.3, 0.4) is 0 Å². The summed E-state index contributed by atoms with van der Waals surface area (Å²) in [6.45, 7) is 0. The zero-order valence-corrected chi connectivity index (χ0v) is 10.5. The number of rotatable bonds is 3. The van der Waals surface area contributed by atoms with Gasteiger partial charge in [-0.05, 0) is 23.6 Å². The van der Waals surface area contributed by atoms with Gasteiger partial charge in [-0.25, -0.2) is 0 Å². The van der Waals surface area contributed by atoms with Crippen molar-refractivity contribution in [3.63, 3.8) is 0 Å². The molecule has 0 saturated carbocycles. The Balaban J connectivity index is 1.92. The van der Waals surface area contributed by atoms with Crippen LogP contribution in [0.2, 0.25) is 0 Å². The fourth-order valence-electron chi connectivity index (χ4n) is 1.70. The molecule has 0 aliphatic carbocycles. The predicted molar refractivity (Wildman–Crippen MR) is 71.9 cm³/mol. The van der Waals surface area contributed by atoms with Crippen molar-refractivity contribution in [2.24, 2.45) is 0 Å². The zero-order valence-electron chi connectivity index (χ0n) is 9.65. The lowest BCUT2D eigenvalue weighted by Crippen LogP contribution is -1.86. The normalized spacial score (nSPS) is 10.5. The molecule has 0 N–H and O–H groups in total. The molecule has 2 heterocycles. The summed E-state index contributed by atoms with van der Waals surface area (Å²) in [5, 5.41) is 16.5. The Morgan fingerprint density at radius 1 is 1.21 bits per heavy atom. The number of hydrogen-bond donors (Lipinski definition) is 0. The molecule has 6 heteroatoms. The van der Waals surface area contributed by atoms with E-state index in [1.165, 1.54) is 12.1 Å². The van der Waals surface area contributed by atoms with Gasteiger partial charge in [0.15, 0.2) is 5.76 Å². The van der Waals surface area contributed by atoms with Crippen molar-refractivity contribution in [2.75, 3.05) is 0 Å². The highest BCUT2D eigenvalue weighted by Gasteiger charge is 2.11. The topological polar surface area (TPSA) is 69.2 Å². The van der Waals surface area contributed by atoms with E-state index in [0.29, 0.717) is 5.76 Å². The van der Waals surface area contributed by atoms with Gasteiger partial charge < -0.3 is 4.52 Å². The molecule has 19 heavy (non-hydrogen) atoms. The van der Waals surface area contributed by atoms with Crippen LogP contribution in [0.1, 0.15) is 0 Å². The number of nitro groups is 1. The molecule has 0 amide bonds. The van der Waals surface area contributed by atoms with E-state index in [9.17, 15) is 10.1 Å². The predicted octanol–water partition coefficient (Wildman–Crippen LogP) is 3.98. The number of benzene rings is 1. The van der Waals surface area contributed by atoms with Gasteiger partial charge in [0.1, 0.15) is 5.69 Å². The highest BCUT2D eigenvalue weighted by molar-refractivity contribution is 7.13. The highest BCUT2D eigenvalue weighted by atomic mass is 32.1. The third kappa shape index (κ3) is 2.25. The quantitative estimate of drug-likeness (QED) is 0.534. The zero-order chi connectivity index (χ0) is 13.2. The maximum atomic E-state index is 10.6. The lowest BCUT2D eigenvalue weighted by molar-refractivity contribution is -0.384. The van der Waals surface area contributed by atoms with Crippen LogP contribution >= 0.6 is 11.3 Å². The fraction of sp³-hybridized carbons (Fsp3) is 0. The van der Waals surface area contributed by atoms with Crippen LogP contribution in [0, 0.1) is 10.1 Å². The molecule has 0 spiro atoms. The third-order valence-corrected chi connectivity index (χ3v) is 3.54. The van der Waals surface area contributed by atoms with Crippen LogP contribution in [-0.2, 0) is 0 Å². The summed E-state index contributed by atoms with van der Waals surface area (Å²) in [6.07, 6.45) is 0. The summed E-state index contributed by atoms with van der Waals surface area (Å²) in [6, 6.07) is 11.9. The molecule has 2 aromatic heterocycles. The Morgan fingerprint density at radius 3 is 2.63 bits per heavy atom. The Morgan fingerprint density at radius 2 is 2.00 bits per heavy atom. The van der Waals surface area contributed by atoms with Crippen molar-refractivity contribution in [3.05, 3.63) is 58.0 Å². The molecule has 3 aromatic rings. The Labute approximate surface area is 112 Å². The molecule has 3 rings (SSSR count). The van der Waals surface area contributed by atoms with Crippen LogP contribution in [0.4, 0.5) is 5.69 Å². The minimum atomic E-state index is -0.429. The monoisotopic (exact) mass is 272 g/mol. The molecule has 0 radical (unpaired) electrons. The second kappa shape index (κ2) is 4.66. The molecule has 0 aliphatic rings. The van der Waals surface area contributed by atoms with Crippen molar-refractivity contribution >= 4 is 17.0 Å². The van der Waals surface area contributed by atoms with E-state index in [1.54, 1.807) is 23.5 Å². The smallest absolute Gasteiger partial charge is 0.269 e. The van der Waals surface area contributed by atoms with Crippen LogP contribution in [0.5, 0.6) is 0 Å². The van der Waals surface area contributed by atoms with E-state index in [0.717, 1.165) is 16.1 Å². The van der Waals surface area contributed by atoms with Crippen molar-refractivity contribution in [1.29, 1.82) is 0 Å². The van der Waals surface area contributed by atoms with Crippen LogP contribution in [0.15, 0.2) is 52.4 Å². The number of nitrogens with zero attached hydrogens (tertiary/aromatic N) is 2. The summed E-state index contributed by atoms with van der Waals surface area (Å²) in [5.41, 5.74) is 1.59. The summed E-state index contributed by atoms with van der Waals surface area (Å²) in [5.74, 6) is 0.596. The average molecular weight is 272 g/mol. The number of aromatic nitrogens is 1. The molecule has 0 fully saturated rings. The SMILES string of the molecule is O=[N+]([O-])c1ccc(-c2cc(-c3cccs3)no2)cc1. The van der Waals surface area contributed by atoms with Gasteiger partial charge in [-0.2, -0.15) is 0 Å². The van der Waals surface area contributed by atoms with E-state index in [-0.39, 0.29) is 5.69 Å². The first-order valence-electron chi connectivity index (χ1n) is 5.49. The Bertz CT molecular complexity index is 702. The molecule has 0 unspecified atom stereocenters. The van der Waals surface area contributed by atoms with E-state index >= 15 is 0 Å². The fourth-order valence-corrected chi connectivity index (χ4v) is 2.38. The number of thiophene rings is 1. The van der Waals surface area contributed by atoms with Gasteiger partial charge in [-0.1, -0.05) is 11.2 Å². The van der Waals surface area contributed by atoms with Crippen molar-refractivity contribution in [1.82, 2.24) is 5.16 Å². The van der Waals surface area contributed by atoms with Gasteiger partial charge in [0.05, 0.1) is 9.80 Å². The first kappa shape index (κ1) is 11.6. The molecular weight excluding hydrogens is 264 g/mol. The molecule has 94 valence electrons. The summed E-state index contributed by atoms with van der Waals surface area (Å²) in [7, 11) is 0. The van der Waals surface area contributed by atoms with Gasteiger partial charge in [0, 0.05) is 23.8 Å². The maximum Gasteiger partial charge on any atom is 0.269 e. The van der Waals surface area contributed by atoms with Crippen molar-refractivity contribution in [2.45, 2.75) is 0 Å². The second-order valence-corrected chi connectivity index (χ2v) is 4.81. The Hall–Kier alpha value is -2.47. The van der Waals surface area contributed by atoms with Gasteiger partial charge in [-0.3, -0.25) is 10.1 Å². The summed E-state index contributed by atoms with van der Waals surface area (Å²) >= 11 is 1.58. The minimum absolute atomic E-state index is 0.0572. The van der Waals surface area contributed by atoms with Gasteiger partial charge >= 0.3 is 0 Å². The second-order valence-electron chi connectivity index (χ2n) is 3.86. The lowest BCUT2D eigenvalue weighted by atomic mass is 10.1. The molecule has 0 bridgehead atoms. The van der Waals surface area contributed by atoms with Crippen molar-refractivity contribution in [3.8, 4) is 21.9 Å². The van der Waals surface area contributed by atoms with E-state index < -0.39 is 4.92 Å². The molecule has 5 nitrogen and oxygen atoms in total. The third-order valence-electron chi connectivity index (χ3n) is 2.65. The standard InChI is InChI=1S/C13H8N2O3S/c16-15(17)10-5-3-9(4-6-10)12-8-11(14-18-12)13-2-1-7-19-13/h1-8H. The van der Waals surface area contributed by atoms with Crippen molar-refractivity contribution < 1.29 is 9.45 Å². The highest BCUT2D eigenvalue weighted by Crippen LogP contribution is 2.29. The first-order valence-corrected chi connectivity index (χ1v) is 6.37. The van der Waals surface area contributed by atoms with E-state index in [4.69, 9.17) is 4.52 Å². The number of nitro benzene ring substituents is 1. The maximum absolute atomic E-state index is 10.6. The minimum Gasteiger partial charge on any atom is -0.356 e. The average Bonchev–Trinajstić information content (AvgIpc) is 3.10. The van der Waals surface area contributed by atoms with E-state index in [1.807, 2.05) is 23.6 Å². The largest absolute Gasteiger partial charge is 0.356 e. The molecule has 0 saturated heterocycles. The molecule has 1 aromatic carbocycles. The number of non-ortho nitro benzene ring substituents is 1. The van der Waals surface area contributed by atoms with Crippen LogP contribution < -0.4 is 0 Å². The first-order chi connectivity index (χ1) is 9.24. The van der Waals surface area contributed by atoms with Crippen LogP contribution in [0.25, 0.3) is 21.9 Å². The molecule has 0 aliphatic heterocycles. The van der Waals surface area contributed by atoms with E-state index in [2.05, 4.69) is 5.16 Å². The van der Waals surface area contributed by atoms with Gasteiger partial charge in [-0.15, -0.1) is 11.3 Å². The van der Waals surface area contributed by atoms with Gasteiger partial charge in [0.2, 0.25) is 0 Å². The number of hydrogen-bond acceptors (Lipinski definition) is 5. The molecule has 0 atom stereocenters.